The predicted molar refractivity (Wildman–Crippen MR) is 73.5 cm³/mol. The Bertz CT molecular complexity index is 558. The molecule has 98 valence electrons. The number of carbonyl (C=O) groups excluding carboxylic acids is 1. The number of benzene rings is 1. The van der Waals surface area contributed by atoms with Gasteiger partial charge in [0.2, 0.25) is 0 Å². The van der Waals surface area contributed by atoms with Crippen LogP contribution in [0.15, 0.2) is 48.7 Å². The van der Waals surface area contributed by atoms with Crippen LogP contribution in [-0.4, -0.2) is 18.1 Å². The molecule has 3 N–H and O–H groups in total. The van der Waals surface area contributed by atoms with Crippen LogP contribution in [0.4, 0.5) is 11.5 Å². The molecule has 2 rings (SSSR count). The van der Waals surface area contributed by atoms with Crippen molar-refractivity contribution in [3.8, 4) is 0 Å². The molecule has 0 bridgehead atoms. The summed E-state index contributed by atoms with van der Waals surface area (Å²) in [5.74, 6) is 0.0308. The van der Waals surface area contributed by atoms with E-state index in [2.05, 4.69) is 10.3 Å². The van der Waals surface area contributed by atoms with Gasteiger partial charge < -0.3 is 15.8 Å². The molecule has 1 atom stereocenters. The molecule has 2 aromatic rings. The molecule has 0 radical (unpaired) electrons. The first-order valence-electron chi connectivity index (χ1n) is 5.81. The summed E-state index contributed by atoms with van der Waals surface area (Å²) in [5, 5.41) is 3.09. The molecular formula is C14H15N3O2. The average molecular weight is 257 g/mol. The zero-order valence-electron chi connectivity index (χ0n) is 10.5. The number of pyridine rings is 1. The number of nitrogens with one attached hydrogen (secondary N) is 1. The number of ether oxygens (including phenoxy) is 1. The second-order valence-corrected chi connectivity index (χ2v) is 3.98. The number of methoxy groups -OCH3 is 1. The Kier molecular flexibility index (Phi) is 3.97. The maximum Gasteiger partial charge on any atom is 0.332 e. The molecule has 19 heavy (non-hydrogen) atoms. The lowest BCUT2D eigenvalue weighted by Gasteiger charge is -2.18. The molecule has 0 aliphatic heterocycles. The highest BCUT2D eigenvalue weighted by atomic mass is 16.5. The maximum absolute atomic E-state index is 11.9. The first-order chi connectivity index (χ1) is 9.20. The third-order valence-corrected chi connectivity index (χ3v) is 2.66. The van der Waals surface area contributed by atoms with E-state index in [0.29, 0.717) is 11.5 Å². The lowest BCUT2D eigenvalue weighted by molar-refractivity contribution is -0.141. The topological polar surface area (TPSA) is 77.2 Å². The minimum atomic E-state index is -0.576. The Labute approximate surface area is 111 Å². The van der Waals surface area contributed by atoms with E-state index in [1.807, 2.05) is 30.3 Å². The van der Waals surface area contributed by atoms with Gasteiger partial charge in [-0.05, 0) is 11.6 Å². The molecule has 0 aliphatic rings. The number of hydrogen-bond acceptors (Lipinski definition) is 5. The first kappa shape index (κ1) is 12.9. The van der Waals surface area contributed by atoms with Crippen LogP contribution in [0.3, 0.4) is 0 Å². The van der Waals surface area contributed by atoms with Crippen molar-refractivity contribution in [3.63, 3.8) is 0 Å². The largest absolute Gasteiger partial charge is 0.467 e. The van der Waals surface area contributed by atoms with Crippen LogP contribution in [0, 0.1) is 0 Å². The summed E-state index contributed by atoms with van der Waals surface area (Å²) in [4.78, 5) is 15.8. The van der Waals surface area contributed by atoms with Crippen LogP contribution >= 0.6 is 0 Å². The van der Waals surface area contributed by atoms with Crippen LogP contribution in [0.25, 0.3) is 0 Å². The summed E-state index contributed by atoms with van der Waals surface area (Å²) in [6.45, 7) is 0. The summed E-state index contributed by atoms with van der Waals surface area (Å²) in [6, 6.07) is 12.2. The summed E-state index contributed by atoms with van der Waals surface area (Å²) in [7, 11) is 1.36. The lowest BCUT2D eigenvalue weighted by atomic mass is 10.1. The summed E-state index contributed by atoms with van der Waals surface area (Å²) < 4.78 is 4.82. The van der Waals surface area contributed by atoms with Crippen LogP contribution in [-0.2, 0) is 9.53 Å². The number of rotatable bonds is 4. The highest BCUT2D eigenvalue weighted by Crippen LogP contribution is 2.21. The predicted octanol–water partition coefficient (Wildman–Crippen LogP) is 1.99. The normalized spacial score (nSPS) is 11.6. The van der Waals surface area contributed by atoms with Crippen molar-refractivity contribution in [2.45, 2.75) is 6.04 Å². The van der Waals surface area contributed by atoms with E-state index in [4.69, 9.17) is 10.5 Å². The number of anilines is 2. The molecule has 1 heterocycles. The van der Waals surface area contributed by atoms with Crippen molar-refractivity contribution in [1.82, 2.24) is 4.98 Å². The Morgan fingerprint density at radius 2 is 2.05 bits per heavy atom. The minimum Gasteiger partial charge on any atom is -0.467 e. The molecule has 0 fully saturated rings. The van der Waals surface area contributed by atoms with Gasteiger partial charge in [-0.3, -0.25) is 0 Å². The van der Waals surface area contributed by atoms with E-state index in [1.165, 1.54) is 7.11 Å². The molecular weight excluding hydrogens is 242 g/mol. The van der Waals surface area contributed by atoms with Crippen LogP contribution < -0.4 is 11.1 Å². The number of nitrogens with zero attached hydrogens (tertiary/aromatic N) is 1. The fourth-order valence-electron chi connectivity index (χ4n) is 1.75. The number of esters is 1. The van der Waals surface area contributed by atoms with Crippen molar-refractivity contribution in [1.29, 1.82) is 0 Å². The fourth-order valence-corrected chi connectivity index (χ4v) is 1.75. The van der Waals surface area contributed by atoms with Crippen LogP contribution in [0.2, 0.25) is 0 Å². The summed E-state index contributed by atoms with van der Waals surface area (Å²) in [6.07, 6.45) is 1.58. The van der Waals surface area contributed by atoms with Gasteiger partial charge in [0.15, 0.2) is 6.04 Å². The van der Waals surface area contributed by atoms with Gasteiger partial charge in [0.05, 0.1) is 7.11 Å². The first-order valence-corrected chi connectivity index (χ1v) is 5.81. The molecule has 1 aromatic heterocycles. The second-order valence-electron chi connectivity index (χ2n) is 3.98. The fraction of sp³-hybridized carbons (Fsp3) is 0.143. The molecule has 5 nitrogen and oxygen atoms in total. The SMILES string of the molecule is COC(=O)C(Nc1ccnc(N)c1)c1ccccc1. The number of carbonyl (C=O) groups is 1. The molecule has 0 amide bonds. The second kappa shape index (κ2) is 5.86. The Morgan fingerprint density at radius 1 is 1.32 bits per heavy atom. The van der Waals surface area contributed by atoms with Gasteiger partial charge in [-0.1, -0.05) is 30.3 Å². The molecule has 1 aromatic carbocycles. The number of nitrogens with two attached hydrogens (primary N) is 1. The van der Waals surface area contributed by atoms with Gasteiger partial charge in [-0.15, -0.1) is 0 Å². The number of hydrogen-bond donors (Lipinski definition) is 2. The van der Waals surface area contributed by atoms with Crippen molar-refractivity contribution in [2.24, 2.45) is 0 Å². The van der Waals surface area contributed by atoms with E-state index >= 15 is 0 Å². The zero-order chi connectivity index (χ0) is 13.7. The average Bonchev–Trinajstić information content (AvgIpc) is 2.45. The lowest BCUT2D eigenvalue weighted by Crippen LogP contribution is -2.22. The van der Waals surface area contributed by atoms with E-state index in [9.17, 15) is 4.79 Å². The third-order valence-electron chi connectivity index (χ3n) is 2.66. The van der Waals surface area contributed by atoms with E-state index in [1.54, 1.807) is 18.3 Å². The van der Waals surface area contributed by atoms with Gasteiger partial charge in [0, 0.05) is 18.0 Å². The summed E-state index contributed by atoms with van der Waals surface area (Å²) in [5.41, 5.74) is 7.15. The van der Waals surface area contributed by atoms with Crippen molar-refractivity contribution >= 4 is 17.5 Å². The van der Waals surface area contributed by atoms with Gasteiger partial charge in [0.1, 0.15) is 5.82 Å². The van der Waals surface area contributed by atoms with Gasteiger partial charge in [-0.2, -0.15) is 0 Å². The quantitative estimate of drug-likeness (QED) is 0.819. The molecule has 1 unspecified atom stereocenters. The Morgan fingerprint density at radius 3 is 2.68 bits per heavy atom. The number of aromatic nitrogens is 1. The van der Waals surface area contributed by atoms with Gasteiger partial charge >= 0.3 is 5.97 Å². The third kappa shape index (κ3) is 3.22. The van der Waals surface area contributed by atoms with Crippen LogP contribution in [0.1, 0.15) is 11.6 Å². The van der Waals surface area contributed by atoms with Gasteiger partial charge in [-0.25, -0.2) is 9.78 Å². The smallest absolute Gasteiger partial charge is 0.332 e. The molecule has 0 aliphatic carbocycles. The van der Waals surface area contributed by atoms with E-state index < -0.39 is 6.04 Å². The zero-order valence-corrected chi connectivity index (χ0v) is 10.5. The highest BCUT2D eigenvalue weighted by molar-refractivity contribution is 5.81. The van der Waals surface area contributed by atoms with Crippen LogP contribution in [0.5, 0.6) is 0 Å². The Hall–Kier alpha value is -2.56. The number of nitrogen functional groups attached to an aromatic ring is 1. The molecule has 5 heteroatoms. The highest BCUT2D eigenvalue weighted by Gasteiger charge is 2.20. The van der Waals surface area contributed by atoms with Crippen molar-refractivity contribution in [3.05, 3.63) is 54.2 Å². The van der Waals surface area contributed by atoms with Crippen molar-refractivity contribution < 1.29 is 9.53 Å². The van der Waals surface area contributed by atoms with Gasteiger partial charge in [0.25, 0.3) is 0 Å². The monoisotopic (exact) mass is 257 g/mol. The molecule has 0 spiro atoms. The van der Waals surface area contributed by atoms with E-state index in [-0.39, 0.29) is 5.97 Å². The Balaban J connectivity index is 2.27. The maximum atomic E-state index is 11.9. The molecule has 0 saturated heterocycles. The molecule has 0 saturated carbocycles. The van der Waals surface area contributed by atoms with Crippen molar-refractivity contribution in [2.75, 3.05) is 18.2 Å². The minimum absolute atomic E-state index is 0.360. The summed E-state index contributed by atoms with van der Waals surface area (Å²) >= 11 is 0. The standard InChI is InChI=1S/C14H15N3O2/c1-19-14(18)13(10-5-3-2-4-6-10)17-11-7-8-16-12(15)9-11/h2-9,13H,1H3,(H3,15,16,17). The van der Waals surface area contributed by atoms with E-state index in [0.717, 1.165) is 5.56 Å².